The SMILES string of the molecule is Cc1cc(Br)ccc1NC1=NC(C)CC(C)S1. The van der Waals surface area contributed by atoms with Crippen LogP contribution in [-0.4, -0.2) is 16.5 Å². The van der Waals surface area contributed by atoms with Crippen LogP contribution in [0.15, 0.2) is 27.7 Å². The first-order valence-electron chi connectivity index (χ1n) is 5.82. The van der Waals surface area contributed by atoms with Crippen LogP contribution in [0.4, 0.5) is 5.69 Å². The topological polar surface area (TPSA) is 24.4 Å². The van der Waals surface area contributed by atoms with Crippen molar-refractivity contribution in [1.29, 1.82) is 0 Å². The third-order valence-electron chi connectivity index (χ3n) is 2.75. The van der Waals surface area contributed by atoms with Crippen molar-refractivity contribution in [1.82, 2.24) is 0 Å². The van der Waals surface area contributed by atoms with E-state index in [-0.39, 0.29) is 0 Å². The van der Waals surface area contributed by atoms with Crippen LogP contribution in [0.3, 0.4) is 0 Å². The Hall–Kier alpha value is -0.480. The zero-order chi connectivity index (χ0) is 12.4. The van der Waals surface area contributed by atoms with E-state index >= 15 is 0 Å². The van der Waals surface area contributed by atoms with E-state index in [1.807, 2.05) is 11.8 Å². The molecule has 4 heteroatoms. The van der Waals surface area contributed by atoms with Crippen LogP contribution in [0.1, 0.15) is 25.8 Å². The molecule has 1 aromatic rings. The van der Waals surface area contributed by atoms with E-state index in [4.69, 9.17) is 0 Å². The molecule has 2 unspecified atom stereocenters. The largest absolute Gasteiger partial charge is 0.335 e. The molecular formula is C13H17BrN2S. The molecule has 0 saturated carbocycles. The standard InChI is InChI=1S/C13H17BrN2S/c1-8-6-11(14)4-5-12(8)16-13-15-9(2)7-10(3)17-13/h4-6,9-10H,7H2,1-3H3,(H,15,16). The van der Waals surface area contributed by atoms with Gasteiger partial charge in [-0.3, -0.25) is 4.99 Å². The minimum atomic E-state index is 0.421. The fourth-order valence-electron chi connectivity index (χ4n) is 1.95. The van der Waals surface area contributed by atoms with Gasteiger partial charge >= 0.3 is 0 Å². The molecule has 1 N–H and O–H groups in total. The third kappa shape index (κ3) is 3.49. The monoisotopic (exact) mass is 312 g/mol. The van der Waals surface area contributed by atoms with Crippen LogP contribution >= 0.6 is 27.7 Å². The Balaban J connectivity index is 2.15. The Labute approximate surface area is 115 Å². The lowest BCUT2D eigenvalue weighted by Gasteiger charge is -2.23. The second-order valence-electron chi connectivity index (χ2n) is 4.53. The average molecular weight is 313 g/mol. The number of halogens is 1. The number of hydrogen-bond donors (Lipinski definition) is 1. The molecule has 0 spiro atoms. The van der Waals surface area contributed by atoms with Gasteiger partial charge in [-0.15, -0.1) is 0 Å². The first-order chi connectivity index (χ1) is 8.04. The van der Waals surface area contributed by atoms with Gasteiger partial charge in [0.25, 0.3) is 0 Å². The molecule has 1 aliphatic rings. The maximum Gasteiger partial charge on any atom is 0.161 e. The van der Waals surface area contributed by atoms with Crippen molar-refractivity contribution < 1.29 is 0 Å². The molecule has 0 radical (unpaired) electrons. The lowest BCUT2D eigenvalue weighted by atomic mass is 10.2. The molecule has 1 aromatic carbocycles. The summed E-state index contributed by atoms with van der Waals surface area (Å²) in [6.07, 6.45) is 1.16. The Morgan fingerprint density at radius 3 is 2.82 bits per heavy atom. The summed E-state index contributed by atoms with van der Waals surface area (Å²) < 4.78 is 1.11. The van der Waals surface area contributed by atoms with E-state index in [1.54, 1.807) is 0 Å². The molecule has 0 aromatic heterocycles. The van der Waals surface area contributed by atoms with Crippen LogP contribution in [0.5, 0.6) is 0 Å². The number of hydrogen-bond acceptors (Lipinski definition) is 3. The zero-order valence-electron chi connectivity index (χ0n) is 10.3. The Morgan fingerprint density at radius 2 is 2.18 bits per heavy atom. The summed E-state index contributed by atoms with van der Waals surface area (Å²) in [4.78, 5) is 4.65. The fraction of sp³-hybridized carbons (Fsp3) is 0.462. The molecule has 0 fully saturated rings. The van der Waals surface area contributed by atoms with E-state index in [1.165, 1.54) is 5.56 Å². The van der Waals surface area contributed by atoms with Gasteiger partial charge in [-0.05, 0) is 44.0 Å². The summed E-state index contributed by atoms with van der Waals surface area (Å²) in [7, 11) is 0. The van der Waals surface area contributed by atoms with Crippen molar-refractivity contribution in [3.63, 3.8) is 0 Å². The predicted molar refractivity (Wildman–Crippen MR) is 81.1 cm³/mol. The van der Waals surface area contributed by atoms with Crippen LogP contribution in [-0.2, 0) is 0 Å². The van der Waals surface area contributed by atoms with E-state index in [2.05, 4.69) is 65.2 Å². The van der Waals surface area contributed by atoms with Gasteiger partial charge in [0.15, 0.2) is 5.17 Å². The van der Waals surface area contributed by atoms with Gasteiger partial charge < -0.3 is 5.32 Å². The van der Waals surface area contributed by atoms with E-state index in [0.29, 0.717) is 11.3 Å². The predicted octanol–water partition coefficient (Wildman–Crippen LogP) is 4.44. The summed E-state index contributed by atoms with van der Waals surface area (Å²) >= 11 is 5.30. The number of thioether (sulfide) groups is 1. The van der Waals surface area contributed by atoms with Gasteiger partial charge in [0.2, 0.25) is 0 Å². The lowest BCUT2D eigenvalue weighted by Crippen LogP contribution is -2.22. The molecule has 0 aliphatic carbocycles. The second kappa shape index (κ2) is 5.44. The molecule has 0 bridgehead atoms. The van der Waals surface area contributed by atoms with Crippen LogP contribution < -0.4 is 5.32 Å². The highest BCUT2D eigenvalue weighted by atomic mass is 79.9. The van der Waals surface area contributed by atoms with Gasteiger partial charge in [0, 0.05) is 15.4 Å². The minimum absolute atomic E-state index is 0.421. The Bertz CT molecular complexity index is 445. The Kier molecular flexibility index (Phi) is 4.15. The van der Waals surface area contributed by atoms with Gasteiger partial charge in [-0.1, -0.05) is 34.6 Å². The quantitative estimate of drug-likeness (QED) is 0.829. The summed E-state index contributed by atoms with van der Waals surface area (Å²) in [5, 5.41) is 5.11. The number of anilines is 1. The highest BCUT2D eigenvalue weighted by Gasteiger charge is 2.18. The average Bonchev–Trinajstić information content (AvgIpc) is 2.21. The maximum absolute atomic E-state index is 4.65. The van der Waals surface area contributed by atoms with Crippen molar-refractivity contribution in [2.75, 3.05) is 5.32 Å². The maximum atomic E-state index is 4.65. The molecule has 17 heavy (non-hydrogen) atoms. The van der Waals surface area contributed by atoms with Crippen LogP contribution in [0, 0.1) is 6.92 Å². The summed E-state index contributed by atoms with van der Waals surface area (Å²) in [5.41, 5.74) is 2.37. The van der Waals surface area contributed by atoms with Crippen molar-refractivity contribution in [2.45, 2.75) is 38.5 Å². The van der Waals surface area contributed by atoms with Crippen molar-refractivity contribution in [2.24, 2.45) is 4.99 Å². The molecule has 2 atom stereocenters. The third-order valence-corrected chi connectivity index (χ3v) is 4.27. The highest BCUT2D eigenvalue weighted by molar-refractivity contribution is 9.10. The van der Waals surface area contributed by atoms with Gasteiger partial charge in [-0.25, -0.2) is 0 Å². The zero-order valence-corrected chi connectivity index (χ0v) is 12.7. The number of aliphatic imine (C=N–C) groups is 1. The first-order valence-corrected chi connectivity index (χ1v) is 7.49. The lowest BCUT2D eigenvalue weighted by molar-refractivity contribution is 0.661. The minimum Gasteiger partial charge on any atom is -0.335 e. The van der Waals surface area contributed by atoms with Gasteiger partial charge in [-0.2, -0.15) is 0 Å². The second-order valence-corrected chi connectivity index (χ2v) is 6.87. The van der Waals surface area contributed by atoms with Crippen molar-refractivity contribution in [3.05, 3.63) is 28.2 Å². The van der Waals surface area contributed by atoms with Crippen molar-refractivity contribution in [3.8, 4) is 0 Å². The number of rotatable bonds is 1. The molecule has 0 amide bonds. The Morgan fingerprint density at radius 1 is 1.41 bits per heavy atom. The van der Waals surface area contributed by atoms with E-state index in [9.17, 15) is 0 Å². The number of benzene rings is 1. The van der Waals surface area contributed by atoms with Crippen LogP contribution in [0.2, 0.25) is 0 Å². The summed E-state index contributed by atoms with van der Waals surface area (Å²) in [6.45, 7) is 6.53. The molecule has 2 nitrogen and oxygen atoms in total. The molecule has 92 valence electrons. The highest BCUT2D eigenvalue weighted by Crippen LogP contribution is 2.27. The first kappa shape index (κ1) is 13.0. The molecule has 0 saturated heterocycles. The molecule has 2 rings (SSSR count). The van der Waals surface area contributed by atoms with E-state index < -0.39 is 0 Å². The smallest absolute Gasteiger partial charge is 0.161 e. The molecular weight excluding hydrogens is 296 g/mol. The molecule has 1 heterocycles. The number of nitrogens with zero attached hydrogens (tertiary/aromatic N) is 1. The van der Waals surface area contributed by atoms with Gasteiger partial charge in [0.1, 0.15) is 0 Å². The van der Waals surface area contributed by atoms with Crippen LogP contribution in [0.25, 0.3) is 0 Å². The number of aryl methyl sites for hydroxylation is 1. The van der Waals surface area contributed by atoms with E-state index in [0.717, 1.165) is 21.7 Å². The number of amidine groups is 1. The molecule has 1 aliphatic heterocycles. The van der Waals surface area contributed by atoms with Gasteiger partial charge in [0.05, 0.1) is 6.04 Å². The fourth-order valence-corrected chi connectivity index (χ4v) is 3.59. The summed E-state index contributed by atoms with van der Waals surface area (Å²) in [5.74, 6) is 0. The normalized spacial score (nSPS) is 24.4. The number of nitrogens with one attached hydrogen (secondary N) is 1. The summed E-state index contributed by atoms with van der Waals surface area (Å²) in [6, 6.07) is 6.68. The van der Waals surface area contributed by atoms with Crippen molar-refractivity contribution >= 4 is 38.5 Å².